The van der Waals surface area contributed by atoms with Crippen LogP contribution in [0.15, 0.2) is 0 Å². The third-order valence-corrected chi connectivity index (χ3v) is 4.62. The number of rotatable bonds is 7. The highest BCUT2D eigenvalue weighted by Crippen LogP contribution is 2.33. The monoisotopic (exact) mass is 310 g/mol. The van der Waals surface area contributed by atoms with Crippen LogP contribution in [0, 0.1) is 11.8 Å². The van der Waals surface area contributed by atoms with Crippen LogP contribution < -0.4 is 11.1 Å². The summed E-state index contributed by atoms with van der Waals surface area (Å²) < 4.78 is 4.76. The zero-order chi connectivity index (χ0) is 16.1. The van der Waals surface area contributed by atoms with Gasteiger partial charge in [-0.25, -0.2) is 4.79 Å². The third-order valence-electron chi connectivity index (χ3n) is 4.62. The van der Waals surface area contributed by atoms with Crippen LogP contribution in [0.25, 0.3) is 0 Å². The molecule has 2 rings (SSSR count). The van der Waals surface area contributed by atoms with Crippen molar-refractivity contribution in [3.05, 3.63) is 0 Å². The van der Waals surface area contributed by atoms with E-state index in [0.29, 0.717) is 25.2 Å². The standard InChI is InChI=1S/C16H26N2O4/c1-22-16(21)13(9-11-4-2-3-5-14(11)19)18-15(20)12(17)8-10-6-7-10/h10-13H,2-9,17H2,1H3,(H,18,20)/t11-,12-,13-/m0/s1. The summed E-state index contributed by atoms with van der Waals surface area (Å²) in [7, 11) is 1.29. The number of carbonyl (C=O) groups excluding carboxylic acids is 3. The first kappa shape index (κ1) is 16.9. The second-order valence-electron chi connectivity index (χ2n) is 6.51. The van der Waals surface area contributed by atoms with Gasteiger partial charge < -0.3 is 15.8 Å². The van der Waals surface area contributed by atoms with E-state index >= 15 is 0 Å². The van der Waals surface area contributed by atoms with E-state index in [9.17, 15) is 14.4 Å². The topological polar surface area (TPSA) is 98.5 Å². The van der Waals surface area contributed by atoms with Gasteiger partial charge in [0.25, 0.3) is 0 Å². The molecule has 0 radical (unpaired) electrons. The zero-order valence-electron chi connectivity index (χ0n) is 13.2. The van der Waals surface area contributed by atoms with Gasteiger partial charge in [0.15, 0.2) is 0 Å². The minimum Gasteiger partial charge on any atom is -0.467 e. The number of ketones is 1. The predicted octanol–water partition coefficient (Wildman–Crippen LogP) is 0.921. The van der Waals surface area contributed by atoms with E-state index in [2.05, 4.69) is 5.32 Å². The lowest BCUT2D eigenvalue weighted by Crippen LogP contribution is -2.50. The molecule has 1 amide bonds. The average molecular weight is 310 g/mol. The predicted molar refractivity (Wildman–Crippen MR) is 80.8 cm³/mol. The SMILES string of the molecule is COC(=O)[C@H](C[C@@H]1CCCCC1=O)NC(=O)[C@@H](N)CC1CC1. The maximum Gasteiger partial charge on any atom is 0.328 e. The Morgan fingerprint density at radius 1 is 1.27 bits per heavy atom. The summed E-state index contributed by atoms with van der Waals surface area (Å²) in [5.74, 6) is -0.289. The molecule has 6 nitrogen and oxygen atoms in total. The number of nitrogens with two attached hydrogens (primary N) is 1. The van der Waals surface area contributed by atoms with Crippen LogP contribution >= 0.6 is 0 Å². The van der Waals surface area contributed by atoms with Crippen molar-refractivity contribution in [1.29, 1.82) is 0 Å². The molecule has 0 aliphatic heterocycles. The van der Waals surface area contributed by atoms with E-state index in [0.717, 1.165) is 32.1 Å². The maximum absolute atomic E-state index is 12.1. The number of amides is 1. The Morgan fingerprint density at radius 3 is 2.59 bits per heavy atom. The van der Waals surface area contributed by atoms with Crippen molar-refractivity contribution in [2.24, 2.45) is 17.6 Å². The molecule has 2 fully saturated rings. The molecule has 6 heteroatoms. The fourth-order valence-electron chi connectivity index (χ4n) is 3.04. The summed E-state index contributed by atoms with van der Waals surface area (Å²) in [5, 5.41) is 2.68. The van der Waals surface area contributed by atoms with E-state index < -0.39 is 18.1 Å². The lowest BCUT2D eigenvalue weighted by Gasteiger charge is -2.25. The van der Waals surface area contributed by atoms with Crippen LogP contribution in [-0.4, -0.2) is 36.9 Å². The Morgan fingerprint density at radius 2 is 2.00 bits per heavy atom. The van der Waals surface area contributed by atoms with Crippen LogP contribution in [0.5, 0.6) is 0 Å². The molecule has 3 atom stereocenters. The molecule has 0 unspecified atom stereocenters. The first-order valence-electron chi connectivity index (χ1n) is 8.17. The van der Waals surface area contributed by atoms with Gasteiger partial charge in [-0.1, -0.05) is 19.3 Å². The fourth-order valence-corrected chi connectivity index (χ4v) is 3.04. The number of esters is 1. The van der Waals surface area contributed by atoms with Gasteiger partial charge in [-0.2, -0.15) is 0 Å². The van der Waals surface area contributed by atoms with E-state index in [1.54, 1.807) is 0 Å². The van der Waals surface area contributed by atoms with Crippen molar-refractivity contribution in [1.82, 2.24) is 5.32 Å². The first-order chi connectivity index (χ1) is 10.5. The summed E-state index contributed by atoms with van der Waals surface area (Å²) >= 11 is 0. The van der Waals surface area contributed by atoms with Crippen LogP contribution in [0.4, 0.5) is 0 Å². The van der Waals surface area contributed by atoms with Crippen LogP contribution in [0.2, 0.25) is 0 Å². The van der Waals surface area contributed by atoms with Gasteiger partial charge in [0.1, 0.15) is 11.8 Å². The van der Waals surface area contributed by atoms with E-state index in [-0.39, 0.29) is 17.6 Å². The van der Waals surface area contributed by atoms with E-state index in [1.807, 2.05) is 0 Å². The number of hydrogen-bond donors (Lipinski definition) is 2. The molecule has 0 aromatic heterocycles. The van der Waals surface area contributed by atoms with Crippen molar-refractivity contribution in [2.75, 3.05) is 7.11 Å². The van der Waals surface area contributed by atoms with Gasteiger partial charge in [0.05, 0.1) is 13.2 Å². The molecule has 0 aromatic carbocycles. The van der Waals surface area contributed by atoms with Crippen molar-refractivity contribution in [3.63, 3.8) is 0 Å². The largest absolute Gasteiger partial charge is 0.467 e. The number of hydrogen-bond acceptors (Lipinski definition) is 5. The first-order valence-corrected chi connectivity index (χ1v) is 8.17. The van der Waals surface area contributed by atoms with E-state index in [4.69, 9.17) is 10.5 Å². The highest BCUT2D eigenvalue weighted by Gasteiger charge is 2.33. The third kappa shape index (κ3) is 4.80. The summed E-state index contributed by atoms with van der Waals surface area (Å²) in [6, 6.07) is -1.38. The number of nitrogens with one attached hydrogen (secondary N) is 1. The Hall–Kier alpha value is -1.43. The van der Waals surface area contributed by atoms with Gasteiger partial charge in [-0.05, 0) is 31.6 Å². The molecule has 2 aliphatic rings. The van der Waals surface area contributed by atoms with Gasteiger partial charge in [-0.15, -0.1) is 0 Å². The minimum atomic E-state index is -0.783. The molecule has 22 heavy (non-hydrogen) atoms. The minimum absolute atomic E-state index is 0.169. The lowest BCUT2D eigenvalue weighted by molar-refractivity contribution is -0.146. The van der Waals surface area contributed by atoms with Crippen molar-refractivity contribution >= 4 is 17.7 Å². The lowest BCUT2D eigenvalue weighted by atomic mass is 9.83. The van der Waals surface area contributed by atoms with Crippen molar-refractivity contribution in [2.45, 2.75) is 63.5 Å². The van der Waals surface area contributed by atoms with Gasteiger partial charge in [-0.3, -0.25) is 9.59 Å². The molecule has 3 N–H and O–H groups in total. The Balaban J connectivity index is 1.91. The highest BCUT2D eigenvalue weighted by molar-refractivity contribution is 5.88. The molecule has 124 valence electrons. The van der Waals surface area contributed by atoms with Crippen LogP contribution in [0.3, 0.4) is 0 Å². The van der Waals surface area contributed by atoms with Crippen molar-refractivity contribution < 1.29 is 19.1 Å². The summed E-state index contributed by atoms with van der Waals surface area (Å²) in [5.41, 5.74) is 5.88. The Kier molecular flexibility index (Phi) is 5.94. The number of methoxy groups -OCH3 is 1. The van der Waals surface area contributed by atoms with Crippen LogP contribution in [-0.2, 0) is 19.1 Å². The van der Waals surface area contributed by atoms with E-state index in [1.165, 1.54) is 7.11 Å². The van der Waals surface area contributed by atoms with Gasteiger partial charge in [0.2, 0.25) is 5.91 Å². The Labute approximate surface area is 131 Å². The number of ether oxygens (including phenoxy) is 1. The number of carbonyl (C=O) groups is 3. The highest BCUT2D eigenvalue weighted by atomic mass is 16.5. The van der Waals surface area contributed by atoms with Crippen LogP contribution in [0.1, 0.15) is 51.4 Å². The maximum atomic E-state index is 12.1. The normalized spacial score (nSPS) is 24.5. The summed E-state index contributed by atoms with van der Waals surface area (Å²) in [6.45, 7) is 0. The molecule has 0 aromatic rings. The fraction of sp³-hybridized carbons (Fsp3) is 0.812. The zero-order valence-corrected chi connectivity index (χ0v) is 13.2. The molecule has 2 saturated carbocycles. The van der Waals surface area contributed by atoms with Crippen molar-refractivity contribution in [3.8, 4) is 0 Å². The Bertz CT molecular complexity index is 434. The molecule has 0 bridgehead atoms. The average Bonchev–Trinajstić information content (AvgIpc) is 3.31. The van der Waals surface area contributed by atoms with Gasteiger partial charge >= 0.3 is 5.97 Å². The molecule has 0 heterocycles. The summed E-state index contributed by atoms with van der Waals surface area (Å²) in [4.78, 5) is 36.0. The smallest absolute Gasteiger partial charge is 0.328 e. The second-order valence-corrected chi connectivity index (χ2v) is 6.51. The summed E-state index contributed by atoms with van der Waals surface area (Å²) in [6.07, 6.45) is 6.45. The molecular formula is C16H26N2O4. The quantitative estimate of drug-likeness (QED) is 0.681. The molecule has 2 aliphatic carbocycles. The molecule has 0 spiro atoms. The second kappa shape index (κ2) is 7.72. The van der Waals surface area contributed by atoms with Gasteiger partial charge in [0, 0.05) is 12.3 Å². The molecular weight excluding hydrogens is 284 g/mol. The molecule has 0 saturated heterocycles. The number of Topliss-reactive ketones (excluding diaryl/α,β-unsaturated/α-hetero) is 1.